The van der Waals surface area contributed by atoms with Gasteiger partial charge in [-0.3, -0.25) is 0 Å². The molecule has 1 heterocycles. The van der Waals surface area contributed by atoms with E-state index in [0.29, 0.717) is 10.6 Å². The van der Waals surface area contributed by atoms with Crippen LogP contribution in [0.5, 0.6) is 0 Å². The molecule has 0 fully saturated rings. The second-order valence-electron chi connectivity index (χ2n) is 5.82. The zero-order chi connectivity index (χ0) is 15.8. The third-order valence-corrected chi connectivity index (χ3v) is 4.63. The average Bonchev–Trinajstić information content (AvgIpc) is 2.53. The minimum absolute atomic E-state index is 0.656. The van der Waals surface area contributed by atoms with E-state index < -0.39 is 0 Å². The van der Waals surface area contributed by atoms with Crippen LogP contribution in [0.1, 0.15) is 50.5 Å². The fourth-order valence-corrected chi connectivity index (χ4v) is 3.14. The van der Waals surface area contributed by atoms with Crippen LogP contribution in [-0.2, 0) is 6.54 Å². The van der Waals surface area contributed by atoms with Crippen molar-refractivity contribution in [3.05, 3.63) is 57.6 Å². The Balaban J connectivity index is 1.63. The summed E-state index contributed by atoms with van der Waals surface area (Å²) in [5.41, 5.74) is 1.45. The summed E-state index contributed by atoms with van der Waals surface area (Å²) >= 11 is 10.3. The summed E-state index contributed by atoms with van der Waals surface area (Å²) in [6, 6.07) is 12.7. The summed E-state index contributed by atoms with van der Waals surface area (Å²) in [5, 5.41) is 0. The molecule has 0 saturated carbocycles. The van der Waals surface area contributed by atoms with E-state index >= 15 is 0 Å². The second kappa shape index (κ2) is 9.01. The van der Waals surface area contributed by atoms with Crippen LogP contribution in [0.25, 0.3) is 0 Å². The molecule has 2 rings (SSSR count). The first kappa shape index (κ1) is 17.1. The Hall–Kier alpha value is -1.26. The molecule has 0 spiro atoms. The van der Waals surface area contributed by atoms with Gasteiger partial charge in [0.15, 0.2) is 4.77 Å². The molecule has 2 aromatic rings. The number of H-pyrrole nitrogens is 1. The Labute approximate surface area is 143 Å². The summed E-state index contributed by atoms with van der Waals surface area (Å²) in [6.45, 7) is 3.29. The normalized spacial score (nSPS) is 12.2. The SMILES string of the molecule is CC(CCCCCCn1ccc(=S)[nH]c1=S)c1ccccc1. The maximum absolute atomic E-state index is 5.27. The van der Waals surface area contributed by atoms with Gasteiger partial charge in [0.05, 0.1) is 0 Å². The standard InChI is InChI=1S/C18H24N2S2/c1-15(16-10-6-4-7-11-16)9-5-2-3-8-13-20-14-12-17(21)19-18(20)22/h4,6-7,10-12,14-15H,2-3,5,8-9,13H2,1H3,(H,19,21,22). The van der Waals surface area contributed by atoms with Crippen LogP contribution in [0.2, 0.25) is 0 Å². The first-order chi connectivity index (χ1) is 10.7. The van der Waals surface area contributed by atoms with Crippen LogP contribution in [0.15, 0.2) is 42.6 Å². The van der Waals surface area contributed by atoms with Crippen LogP contribution in [-0.4, -0.2) is 9.55 Å². The number of unbranched alkanes of at least 4 members (excludes halogenated alkanes) is 3. The Bertz CT molecular complexity index is 673. The molecule has 1 aromatic carbocycles. The van der Waals surface area contributed by atoms with Crippen LogP contribution in [0.3, 0.4) is 0 Å². The van der Waals surface area contributed by atoms with E-state index in [2.05, 4.69) is 46.8 Å². The first-order valence-electron chi connectivity index (χ1n) is 8.01. The molecule has 1 unspecified atom stereocenters. The summed E-state index contributed by atoms with van der Waals surface area (Å²) < 4.78 is 3.50. The summed E-state index contributed by atoms with van der Waals surface area (Å²) in [7, 11) is 0. The minimum atomic E-state index is 0.656. The van der Waals surface area contributed by atoms with E-state index in [1.807, 2.05) is 12.3 Å². The van der Waals surface area contributed by atoms with Crippen molar-refractivity contribution in [1.82, 2.24) is 9.55 Å². The molecule has 1 aromatic heterocycles. The van der Waals surface area contributed by atoms with Crippen molar-refractivity contribution < 1.29 is 0 Å². The van der Waals surface area contributed by atoms with Gasteiger partial charge in [-0.15, -0.1) is 0 Å². The van der Waals surface area contributed by atoms with Crippen molar-refractivity contribution in [2.45, 2.75) is 51.5 Å². The first-order valence-corrected chi connectivity index (χ1v) is 8.83. The van der Waals surface area contributed by atoms with Crippen molar-refractivity contribution in [2.24, 2.45) is 0 Å². The number of benzene rings is 1. The number of aryl methyl sites for hydroxylation is 1. The monoisotopic (exact) mass is 332 g/mol. The minimum Gasteiger partial charge on any atom is -0.325 e. The van der Waals surface area contributed by atoms with Gasteiger partial charge < -0.3 is 9.55 Å². The van der Waals surface area contributed by atoms with Crippen molar-refractivity contribution in [1.29, 1.82) is 0 Å². The lowest BCUT2D eigenvalue weighted by Crippen LogP contribution is -2.01. The van der Waals surface area contributed by atoms with Gasteiger partial charge in [0, 0.05) is 12.7 Å². The molecule has 0 aliphatic carbocycles. The highest BCUT2D eigenvalue weighted by Crippen LogP contribution is 2.21. The molecule has 2 nitrogen and oxygen atoms in total. The van der Waals surface area contributed by atoms with E-state index in [4.69, 9.17) is 24.4 Å². The highest BCUT2D eigenvalue weighted by molar-refractivity contribution is 7.72. The number of nitrogens with zero attached hydrogens (tertiary/aromatic N) is 1. The Morgan fingerprint density at radius 3 is 2.45 bits per heavy atom. The molecule has 4 heteroatoms. The topological polar surface area (TPSA) is 20.7 Å². The summed E-state index contributed by atoms with van der Waals surface area (Å²) in [6.07, 6.45) is 8.24. The molecule has 0 radical (unpaired) electrons. The lowest BCUT2D eigenvalue weighted by molar-refractivity contribution is 0.533. The zero-order valence-electron chi connectivity index (χ0n) is 13.1. The second-order valence-corrected chi connectivity index (χ2v) is 6.64. The number of hydrogen-bond acceptors (Lipinski definition) is 2. The van der Waals surface area contributed by atoms with Crippen LogP contribution in [0.4, 0.5) is 0 Å². The predicted octanol–water partition coefficient (Wildman–Crippen LogP) is 6.03. The smallest absolute Gasteiger partial charge is 0.178 e. The quantitative estimate of drug-likeness (QED) is 0.470. The summed E-state index contributed by atoms with van der Waals surface area (Å²) in [5.74, 6) is 0.656. The highest BCUT2D eigenvalue weighted by atomic mass is 32.1. The Kier molecular flexibility index (Phi) is 7.00. The molecule has 0 aliphatic rings. The summed E-state index contributed by atoms with van der Waals surface area (Å²) in [4.78, 5) is 3.02. The van der Waals surface area contributed by atoms with Gasteiger partial charge in [0.2, 0.25) is 0 Å². The van der Waals surface area contributed by atoms with Crippen molar-refractivity contribution in [2.75, 3.05) is 0 Å². The molecule has 1 N–H and O–H groups in total. The van der Waals surface area contributed by atoms with E-state index in [9.17, 15) is 0 Å². The molecule has 22 heavy (non-hydrogen) atoms. The van der Waals surface area contributed by atoms with Crippen molar-refractivity contribution in [3.63, 3.8) is 0 Å². The largest absolute Gasteiger partial charge is 0.325 e. The van der Waals surface area contributed by atoms with Gasteiger partial charge in [-0.2, -0.15) is 0 Å². The van der Waals surface area contributed by atoms with Crippen LogP contribution in [0, 0.1) is 9.41 Å². The van der Waals surface area contributed by atoms with Gasteiger partial charge in [-0.1, -0.05) is 68.7 Å². The number of aromatic amines is 1. The molecule has 1 atom stereocenters. The van der Waals surface area contributed by atoms with E-state index in [-0.39, 0.29) is 0 Å². The van der Waals surface area contributed by atoms with Gasteiger partial charge >= 0.3 is 0 Å². The van der Waals surface area contributed by atoms with Crippen LogP contribution >= 0.6 is 24.4 Å². The lowest BCUT2D eigenvalue weighted by Gasteiger charge is -2.11. The molecule has 0 bridgehead atoms. The highest BCUT2D eigenvalue weighted by Gasteiger charge is 2.04. The number of hydrogen-bond donors (Lipinski definition) is 1. The van der Waals surface area contributed by atoms with Gasteiger partial charge in [-0.25, -0.2) is 0 Å². The number of rotatable bonds is 8. The maximum Gasteiger partial charge on any atom is 0.178 e. The maximum atomic E-state index is 5.27. The molecular formula is C18H24N2S2. The number of aromatic nitrogens is 2. The van der Waals surface area contributed by atoms with E-state index in [1.54, 1.807) is 0 Å². The fraction of sp³-hybridized carbons (Fsp3) is 0.444. The van der Waals surface area contributed by atoms with E-state index in [1.165, 1.54) is 37.7 Å². The Morgan fingerprint density at radius 2 is 1.73 bits per heavy atom. The third kappa shape index (κ3) is 5.50. The predicted molar refractivity (Wildman–Crippen MR) is 98.4 cm³/mol. The van der Waals surface area contributed by atoms with Crippen molar-refractivity contribution >= 4 is 24.4 Å². The fourth-order valence-electron chi connectivity index (χ4n) is 2.65. The van der Waals surface area contributed by atoms with Gasteiger partial charge in [0.1, 0.15) is 4.64 Å². The van der Waals surface area contributed by atoms with Crippen LogP contribution < -0.4 is 0 Å². The Morgan fingerprint density at radius 1 is 1.00 bits per heavy atom. The lowest BCUT2D eigenvalue weighted by atomic mass is 9.95. The van der Waals surface area contributed by atoms with E-state index in [0.717, 1.165) is 11.3 Å². The molecule has 0 amide bonds. The molecule has 0 saturated heterocycles. The molecule has 0 aliphatic heterocycles. The molecular weight excluding hydrogens is 308 g/mol. The zero-order valence-corrected chi connectivity index (χ0v) is 14.8. The van der Waals surface area contributed by atoms with Gasteiger partial charge in [-0.05, 0) is 42.6 Å². The molecule has 118 valence electrons. The number of nitrogens with one attached hydrogen (secondary N) is 1. The van der Waals surface area contributed by atoms with Crippen molar-refractivity contribution in [3.8, 4) is 0 Å². The average molecular weight is 333 g/mol. The third-order valence-electron chi connectivity index (χ3n) is 4.05. The van der Waals surface area contributed by atoms with Gasteiger partial charge in [0.25, 0.3) is 0 Å².